The van der Waals surface area contributed by atoms with E-state index in [1.165, 1.54) is 0 Å². The van der Waals surface area contributed by atoms with Gasteiger partial charge in [-0.15, -0.1) is 54.1 Å². The summed E-state index contributed by atoms with van der Waals surface area (Å²) in [4.78, 5) is 18.7. The Balaban J connectivity index is 0.000000188. The van der Waals surface area contributed by atoms with E-state index in [-0.39, 0.29) is 20.1 Å². The van der Waals surface area contributed by atoms with Gasteiger partial charge in [0.2, 0.25) is 5.71 Å². The number of para-hydroxylation sites is 1. The number of aromatic nitrogens is 5. The van der Waals surface area contributed by atoms with E-state index >= 15 is 0 Å². The number of rotatable bonds is 6. The van der Waals surface area contributed by atoms with Crippen LogP contribution in [0.4, 0.5) is 0 Å². The zero-order chi connectivity index (χ0) is 40.0. The van der Waals surface area contributed by atoms with Gasteiger partial charge in [-0.1, -0.05) is 112 Å². The maximum atomic E-state index is 8.75. The van der Waals surface area contributed by atoms with Crippen LogP contribution in [0, 0.1) is 17.5 Å². The predicted molar refractivity (Wildman–Crippen MR) is 228 cm³/mol. The zero-order valence-corrected chi connectivity index (χ0v) is 35.7. The van der Waals surface area contributed by atoms with E-state index in [0.717, 1.165) is 77.7 Å². The Kier molecular flexibility index (Phi) is 10.3. The molecule has 0 atom stereocenters. The van der Waals surface area contributed by atoms with E-state index in [2.05, 4.69) is 64.5 Å². The fraction of sp³-hybridized carbons (Fsp3) is 0.167. The number of benzene rings is 4. The molecule has 5 aromatic heterocycles. The molecule has 4 aromatic carbocycles. The molecule has 0 fully saturated rings. The van der Waals surface area contributed by atoms with Gasteiger partial charge in [0, 0.05) is 51.9 Å². The Morgan fingerprint density at radius 3 is 2.23 bits per heavy atom. The molecule has 0 saturated heterocycles. The van der Waals surface area contributed by atoms with E-state index in [9.17, 15) is 0 Å². The largest absolute Gasteiger partial charge is 0.486 e. The molecule has 0 spiro atoms. The summed E-state index contributed by atoms with van der Waals surface area (Å²) >= 11 is 0. The number of nitrogens with zero attached hydrogens (tertiary/aromatic N) is 5. The molecule has 5 heterocycles. The van der Waals surface area contributed by atoms with E-state index in [1.54, 1.807) is 6.20 Å². The third-order valence-corrected chi connectivity index (χ3v) is 11.3. The first-order valence-electron chi connectivity index (χ1n) is 19.5. The molecule has 56 heavy (non-hydrogen) atoms. The summed E-state index contributed by atoms with van der Waals surface area (Å²) in [5, 5.41) is 3.05. The molecule has 0 aliphatic heterocycles. The van der Waals surface area contributed by atoms with Crippen molar-refractivity contribution < 1.29 is 27.3 Å². The van der Waals surface area contributed by atoms with Crippen molar-refractivity contribution in [3.05, 3.63) is 158 Å². The topological polar surface area (TPSA) is 69.6 Å². The molecule has 9 aromatic rings. The quantitative estimate of drug-likeness (QED) is 0.123. The van der Waals surface area contributed by atoms with Crippen molar-refractivity contribution in [2.45, 2.75) is 46.8 Å². The summed E-state index contributed by atoms with van der Waals surface area (Å²) in [6, 6.07) is 46.5. The minimum absolute atomic E-state index is 0. The Morgan fingerprint density at radius 1 is 0.768 bits per heavy atom. The van der Waals surface area contributed by atoms with Crippen LogP contribution in [0.2, 0.25) is 19.6 Å². The molecule has 9 rings (SSSR count). The molecule has 0 aliphatic carbocycles. The molecule has 0 N–H and O–H groups in total. The molecule has 0 bridgehead atoms. The predicted octanol–water partition coefficient (Wildman–Crippen LogP) is 11.5. The monoisotopic (exact) mass is 928 g/mol. The molecule has 8 heteroatoms. The van der Waals surface area contributed by atoms with E-state index in [0.29, 0.717) is 5.71 Å². The first-order chi connectivity index (χ1) is 27.3. The molecule has 6 nitrogen and oxygen atoms in total. The Labute approximate surface area is 345 Å². The summed E-state index contributed by atoms with van der Waals surface area (Å²) in [5.41, 5.74) is 8.81. The molecule has 0 amide bonds. The van der Waals surface area contributed by atoms with Gasteiger partial charge in [0.25, 0.3) is 0 Å². The Hall–Kier alpha value is -5.53. The number of imidazole rings is 1. The fourth-order valence-corrected chi connectivity index (χ4v) is 8.14. The summed E-state index contributed by atoms with van der Waals surface area (Å²) in [7, 11) is -1.70. The maximum absolute atomic E-state index is 8.75. The molecular weight excluding hydrogens is 883 g/mol. The third-order valence-electron chi connectivity index (χ3n) is 9.27. The molecule has 281 valence electrons. The van der Waals surface area contributed by atoms with Crippen LogP contribution in [0.15, 0.2) is 144 Å². The first kappa shape index (κ1) is 36.1. The van der Waals surface area contributed by atoms with E-state index in [4.69, 9.17) is 17.1 Å². The number of fused-ring (bicyclic) bond motifs is 4. The van der Waals surface area contributed by atoms with Crippen molar-refractivity contribution >= 4 is 46.4 Å². The second-order valence-corrected chi connectivity index (χ2v) is 20.6. The SMILES string of the molecule is [2H]C([2H])(c1cc(-c2[c-]cccc2)ncc1[Si](C)(C)C)C(C)(C)C.[Ir].[c-]1ccc2c(oc3nc(-c4ccccc4)ccc32)c1-c1nc2ccncc2n1-c1ccccc1. The van der Waals surface area contributed by atoms with Crippen LogP contribution < -0.4 is 5.19 Å². The van der Waals surface area contributed by atoms with Gasteiger partial charge in [0.15, 0.2) is 0 Å². The second kappa shape index (κ2) is 15.9. The summed E-state index contributed by atoms with van der Waals surface area (Å²) in [6.45, 7) is 12.6. The Morgan fingerprint density at radius 2 is 1.52 bits per heavy atom. The minimum atomic E-state index is -1.70. The number of hydrogen-bond donors (Lipinski definition) is 0. The molecule has 1 radical (unpaired) electrons. The van der Waals surface area contributed by atoms with Crippen molar-refractivity contribution in [3.63, 3.8) is 0 Å². The van der Waals surface area contributed by atoms with Crippen LogP contribution >= 0.6 is 0 Å². The second-order valence-electron chi connectivity index (χ2n) is 15.6. The molecule has 0 saturated carbocycles. The summed E-state index contributed by atoms with van der Waals surface area (Å²) in [6.07, 6.45) is 4.07. The van der Waals surface area contributed by atoms with Crippen LogP contribution in [-0.2, 0) is 26.5 Å². The summed E-state index contributed by atoms with van der Waals surface area (Å²) < 4.78 is 26.0. The van der Waals surface area contributed by atoms with Crippen molar-refractivity contribution in [3.8, 4) is 39.6 Å². The zero-order valence-electron chi connectivity index (χ0n) is 34.3. The van der Waals surface area contributed by atoms with Crippen molar-refractivity contribution in [2.75, 3.05) is 0 Å². The first-order valence-corrected chi connectivity index (χ1v) is 22.0. The fourth-order valence-electron chi connectivity index (χ4n) is 6.75. The van der Waals surface area contributed by atoms with E-state index in [1.807, 2.05) is 136 Å². The van der Waals surface area contributed by atoms with Crippen molar-refractivity contribution in [1.29, 1.82) is 0 Å². The Bertz CT molecular complexity index is 2850. The van der Waals surface area contributed by atoms with Gasteiger partial charge in [0.1, 0.15) is 0 Å². The van der Waals surface area contributed by atoms with Crippen molar-refractivity contribution in [1.82, 2.24) is 24.5 Å². The smallest absolute Gasteiger partial charge is 0.216 e. The average Bonchev–Trinajstić information content (AvgIpc) is 3.80. The van der Waals surface area contributed by atoms with E-state index < -0.39 is 19.9 Å². The van der Waals surface area contributed by atoms with Gasteiger partial charge in [0.05, 0.1) is 42.4 Å². The van der Waals surface area contributed by atoms with Crippen LogP contribution in [0.5, 0.6) is 0 Å². The van der Waals surface area contributed by atoms with Gasteiger partial charge in [-0.3, -0.25) is 9.97 Å². The number of furan rings is 1. The van der Waals surface area contributed by atoms with Gasteiger partial charge in [-0.25, -0.2) is 4.98 Å². The van der Waals surface area contributed by atoms with Crippen LogP contribution in [0.3, 0.4) is 0 Å². The number of pyridine rings is 3. The van der Waals surface area contributed by atoms with Gasteiger partial charge < -0.3 is 14.0 Å². The molecule has 0 aliphatic rings. The normalized spacial score (nSPS) is 12.5. The van der Waals surface area contributed by atoms with Crippen LogP contribution in [0.1, 0.15) is 29.1 Å². The van der Waals surface area contributed by atoms with Gasteiger partial charge in [-0.05, 0) is 53.0 Å². The number of hydrogen-bond acceptors (Lipinski definition) is 5. The van der Waals surface area contributed by atoms with Crippen LogP contribution in [-0.4, -0.2) is 32.6 Å². The maximum Gasteiger partial charge on any atom is 0.216 e. The van der Waals surface area contributed by atoms with Crippen LogP contribution in [0.25, 0.3) is 72.7 Å². The standard InChI is InChI=1S/C29H17N4O.C19H26NSi.Ir/c1-3-8-19(9-4-1)24-15-14-22-21-12-7-13-23(27(21)34-29(22)32-24)28-31-25-16-17-30-18-26(25)33(28)20-10-5-2-6-11-20;1-19(2,3)13-16-12-17(15-10-8-7-9-11-15)20-14-18(16)21(4,5)6;/h1-12,14-18H;7-10,12,14H,13H2,1-6H3;/q2*-1;/i;13D2;. The molecule has 0 unspecified atom stereocenters. The molecular formula is C48H43IrN5OSi-2. The van der Waals surface area contributed by atoms with Gasteiger partial charge >= 0.3 is 0 Å². The minimum Gasteiger partial charge on any atom is -0.486 e. The third kappa shape index (κ3) is 8.05. The average molecular weight is 928 g/mol. The summed E-state index contributed by atoms with van der Waals surface area (Å²) in [5.74, 6) is 0.752. The van der Waals surface area contributed by atoms with Crippen molar-refractivity contribution in [2.24, 2.45) is 5.41 Å². The van der Waals surface area contributed by atoms with Gasteiger partial charge in [-0.2, -0.15) is 0 Å².